The van der Waals surface area contributed by atoms with Crippen LogP contribution in [0.4, 0.5) is 5.69 Å². The Kier molecular flexibility index (Phi) is 5.15. The van der Waals surface area contributed by atoms with Crippen LogP contribution in [0.25, 0.3) is 0 Å². The topological polar surface area (TPSA) is 78.0 Å². The van der Waals surface area contributed by atoms with Crippen molar-refractivity contribution in [2.45, 2.75) is 51.6 Å². The van der Waals surface area contributed by atoms with Crippen LogP contribution in [0.1, 0.15) is 46.0 Å². The van der Waals surface area contributed by atoms with Crippen molar-refractivity contribution in [2.24, 2.45) is 0 Å². The fraction of sp³-hybridized carbons (Fsp3) is 0.667. The number of anilines is 1. The van der Waals surface area contributed by atoms with E-state index in [1.54, 1.807) is 6.20 Å². The molecule has 1 rings (SSSR count). The molecule has 1 aromatic rings. The Balaban J connectivity index is 2.51. The van der Waals surface area contributed by atoms with E-state index in [1.807, 2.05) is 13.8 Å². The average molecular weight is 239 g/mol. The first-order chi connectivity index (χ1) is 8.09. The minimum absolute atomic E-state index is 0.139. The van der Waals surface area contributed by atoms with Gasteiger partial charge in [-0.25, -0.2) is 0 Å². The number of nitrogens with zero attached hydrogens (tertiary/aromatic N) is 1. The van der Waals surface area contributed by atoms with Gasteiger partial charge in [0.1, 0.15) is 0 Å². The van der Waals surface area contributed by atoms with E-state index < -0.39 is 5.60 Å². The highest BCUT2D eigenvalue weighted by Gasteiger charge is 2.28. The Morgan fingerprint density at radius 2 is 2.12 bits per heavy atom. The third kappa shape index (κ3) is 4.56. The smallest absolute Gasteiger partial charge is 0.227 e. The molecule has 0 aliphatic rings. The second kappa shape index (κ2) is 6.39. The molecule has 3 N–H and O–H groups in total. The molecule has 5 nitrogen and oxygen atoms in total. The van der Waals surface area contributed by atoms with Gasteiger partial charge in [-0.05, 0) is 12.8 Å². The fourth-order valence-corrected chi connectivity index (χ4v) is 2.06. The number of nitrogens with one attached hydrogen (secondary N) is 2. The van der Waals surface area contributed by atoms with Crippen LogP contribution in [0.2, 0.25) is 0 Å². The van der Waals surface area contributed by atoms with Crippen molar-refractivity contribution in [3.8, 4) is 0 Å². The predicted molar refractivity (Wildman–Crippen MR) is 66.6 cm³/mol. The Bertz CT molecular complexity index is 330. The molecule has 0 aliphatic heterocycles. The maximum absolute atomic E-state index is 11.8. The molecular weight excluding hydrogens is 218 g/mol. The number of aliphatic hydroxyl groups is 1. The van der Waals surface area contributed by atoms with Crippen molar-refractivity contribution in [1.29, 1.82) is 0 Å². The SMILES string of the molecule is CCCC(O)(CCC)CC(=O)Nc1cn[nH]c1. The second-order valence-electron chi connectivity index (χ2n) is 4.44. The summed E-state index contributed by atoms with van der Waals surface area (Å²) < 4.78 is 0. The lowest BCUT2D eigenvalue weighted by Crippen LogP contribution is -2.33. The molecule has 0 saturated carbocycles. The number of carbonyl (C=O) groups is 1. The predicted octanol–water partition coefficient (Wildman–Crippen LogP) is 2.07. The molecule has 1 aromatic heterocycles. The van der Waals surface area contributed by atoms with E-state index in [2.05, 4.69) is 15.5 Å². The molecule has 0 saturated heterocycles. The van der Waals surface area contributed by atoms with Gasteiger partial charge in [0.05, 0.1) is 23.9 Å². The number of hydrogen-bond donors (Lipinski definition) is 3. The van der Waals surface area contributed by atoms with Crippen LogP contribution in [0.3, 0.4) is 0 Å². The number of carbonyl (C=O) groups excluding carboxylic acids is 1. The van der Waals surface area contributed by atoms with Crippen LogP contribution in [0.15, 0.2) is 12.4 Å². The lowest BCUT2D eigenvalue weighted by atomic mass is 9.89. The zero-order valence-electron chi connectivity index (χ0n) is 10.5. The zero-order chi connectivity index (χ0) is 12.7. The zero-order valence-corrected chi connectivity index (χ0v) is 10.5. The molecule has 96 valence electrons. The minimum atomic E-state index is -0.878. The van der Waals surface area contributed by atoms with Crippen molar-refractivity contribution >= 4 is 11.6 Å². The van der Waals surface area contributed by atoms with Gasteiger partial charge in [0, 0.05) is 6.20 Å². The molecule has 0 atom stereocenters. The van der Waals surface area contributed by atoms with E-state index in [0.29, 0.717) is 18.5 Å². The molecule has 0 spiro atoms. The van der Waals surface area contributed by atoms with Gasteiger partial charge in [-0.3, -0.25) is 9.89 Å². The van der Waals surface area contributed by atoms with Crippen LogP contribution in [-0.2, 0) is 4.79 Å². The van der Waals surface area contributed by atoms with E-state index >= 15 is 0 Å². The Morgan fingerprint density at radius 3 is 2.59 bits per heavy atom. The van der Waals surface area contributed by atoms with E-state index in [0.717, 1.165) is 12.8 Å². The molecule has 0 aliphatic carbocycles. The molecule has 1 amide bonds. The molecule has 5 heteroatoms. The van der Waals surface area contributed by atoms with Gasteiger partial charge in [0.2, 0.25) is 5.91 Å². The molecule has 0 bridgehead atoms. The molecule has 0 radical (unpaired) electrons. The summed E-state index contributed by atoms with van der Waals surface area (Å²) in [5.41, 5.74) is -0.248. The van der Waals surface area contributed by atoms with Gasteiger partial charge in [0.25, 0.3) is 0 Å². The number of amides is 1. The van der Waals surface area contributed by atoms with Crippen LogP contribution >= 0.6 is 0 Å². The average Bonchev–Trinajstić information content (AvgIpc) is 2.70. The molecule has 0 fully saturated rings. The summed E-state index contributed by atoms with van der Waals surface area (Å²) in [6.45, 7) is 4.02. The molecule has 1 heterocycles. The van der Waals surface area contributed by atoms with E-state index in [-0.39, 0.29) is 12.3 Å². The summed E-state index contributed by atoms with van der Waals surface area (Å²) >= 11 is 0. The van der Waals surface area contributed by atoms with Gasteiger partial charge in [-0.15, -0.1) is 0 Å². The summed E-state index contributed by atoms with van der Waals surface area (Å²) in [7, 11) is 0. The van der Waals surface area contributed by atoms with Gasteiger partial charge in [-0.1, -0.05) is 26.7 Å². The largest absolute Gasteiger partial charge is 0.389 e. The lowest BCUT2D eigenvalue weighted by molar-refractivity contribution is -0.121. The van der Waals surface area contributed by atoms with Gasteiger partial charge in [0.15, 0.2) is 0 Å². The summed E-state index contributed by atoms with van der Waals surface area (Å²) in [5, 5.41) is 19.4. The Morgan fingerprint density at radius 1 is 1.47 bits per heavy atom. The lowest BCUT2D eigenvalue weighted by Gasteiger charge is -2.26. The monoisotopic (exact) mass is 239 g/mol. The summed E-state index contributed by atoms with van der Waals surface area (Å²) in [5.74, 6) is -0.171. The summed E-state index contributed by atoms with van der Waals surface area (Å²) in [6.07, 6.45) is 6.33. The standard InChI is InChI=1S/C12H21N3O2/c1-3-5-12(17,6-4-2)7-11(16)15-10-8-13-14-9-10/h8-9,17H,3-7H2,1-2H3,(H,13,14)(H,15,16). The second-order valence-corrected chi connectivity index (χ2v) is 4.44. The Labute approximate surface area is 102 Å². The van der Waals surface area contributed by atoms with Crippen LogP contribution in [0, 0.1) is 0 Å². The van der Waals surface area contributed by atoms with Gasteiger partial charge < -0.3 is 10.4 Å². The first-order valence-electron chi connectivity index (χ1n) is 6.10. The van der Waals surface area contributed by atoms with Gasteiger partial charge in [-0.2, -0.15) is 5.10 Å². The van der Waals surface area contributed by atoms with Crippen molar-refractivity contribution in [2.75, 3.05) is 5.32 Å². The summed E-state index contributed by atoms with van der Waals surface area (Å²) in [6, 6.07) is 0. The van der Waals surface area contributed by atoms with E-state index in [9.17, 15) is 9.90 Å². The number of rotatable bonds is 7. The number of H-pyrrole nitrogens is 1. The van der Waals surface area contributed by atoms with Crippen molar-refractivity contribution in [3.63, 3.8) is 0 Å². The maximum atomic E-state index is 11.8. The highest BCUT2D eigenvalue weighted by atomic mass is 16.3. The quantitative estimate of drug-likeness (QED) is 0.681. The third-order valence-electron chi connectivity index (χ3n) is 2.70. The molecule has 0 aromatic carbocycles. The van der Waals surface area contributed by atoms with Crippen LogP contribution < -0.4 is 5.32 Å². The van der Waals surface area contributed by atoms with Crippen LogP contribution in [0.5, 0.6) is 0 Å². The number of hydrogen-bond acceptors (Lipinski definition) is 3. The van der Waals surface area contributed by atoms with E-state index in [1.165, 1.54) is 6.20 Å². The fourth-order valence-electron chi connectivity index (χ4n) is 2.06. The normalized spacial score (nSPS) is 11.5. The first kappa shape index (κ1) is 13.7. The highest BCUT2D eigenvalue weighted by Crippen LogP contribution is 2.24. The number of aromatic nitrogens is 2. The van der Waals surface area contributed by atoms with Crippen molar-refractivity contribution in [3.05, 3.63) is 12.4 Å². The first-order valence-corrected chi connectivity index (χ1v) is 6.10. The highest BCUT2D eigenvalue weighted by molar-refractivity contribution is 5.91. The van der Waals surface area contributed by atoms with Gasteiger partial charge >= 0.3 is 0 Å². The molecular formula is C12H21N3O2. The number of aromatic amines is 1. The van der Waals surface area contributed by atoms with Crippen molar-refractivity contribution < 1.29 is 9.90 Å². The third-order valence-corrected chi connectivity index (χ3v) is 2.70. The van der Waals surface area contributed by atoms with E-state index in [4.69, 9.17) is 0 Å². The van der Waals surface area contributed by atoms with Crippen molar-refractivity contribution in [1.82, 2.24) is 10.2 Å². The Hall–Kier alpha value is -1.36. The summed E-state index contributed by atoms with van der Waals surface area (Å²) in [4.78, 5) is 11.8. The van der Waals surface area contributed by atoms with Crippen LogP contribution in [-0.4, -0.2) is 26.8 Å². The molecule has 17 heavy (non-hydrogen) atoms. The molecule has 0 unspecified atom stereocenters. The maximum Gasteiger partial charge on any atom is 0.227 e. The minimum Gasteiger partial charge on any atom is -0.389 e.